The smallest absolute Gasteiger partial charge is 0.872 e. The van der Waals surface area contributed by atoms with Gasteiger partial charge >= 0.3 is 16.5 Å². The Balaban J connectivity index is 0.000000213. The van der Waals surface area contributed by atoms with Gasteiger partial charge in [0.2, 0.25) is 0 Å². The molecule has 4 rings (SSSR count). The third-order valence-corrected chi connectivity index (χ3v) is 6.06. The fraction of sp³-hybridized carbons (Fsp3) is 0. The monoisotopic (exact) mass is 504 g/mol. The van der Waals surface area contributed by atoms with E-state index < -0.39 is 20.2 Å². The normalized spacial score (nSPS) is 11.4. The molecule has 0 saturated heterocycles. The van der Waals surface area contributed by atoms with Gasteiger partial charge in [0, 0.05) is 10.8 Å². The number of phenolic OH excluding ortho intramolecular Hbond substituents is 1. The van der Waals surface area contributed by atoms with Crippen molar-refractivity contribution in [2.75, 3.05) is 0 Å². The molecule has 0 unspecified atom stereocenters. The van der Waals surface area contributed by atoms with Crippen LogP contribution in [0, 0.1) is 0 Å². The van der Waals surface area contributed by atoms with Gasteiger partial charge in [0.05, 0.1) is 4.90 Å². The fourth-order valence-corrected chi connectivity index (χ4v) is 4.32. The summed E-state index contributed by atoms with van der Waals surface area (Å²) in [6, 6.07) is 17.1. The number of aromatic hydroxyl groups is 1. The summed E-state index contributed by atoms with van der Waals surface area (Å²) in [6.45, 7) is 0. The first-order valence-corrected chi connectivity index (χ1v) is 11.2. The van der Waals surface area contributed by atoms with Crippen LogP contribution < -0.4 is 5.11 Å². The Hall–Kier alpha value is -2.69. The maximum absolute atomic E-state index is 11.4. The van der Waals surface area contributed by atoms with E-state index in [0.717, 1.165) is 12.1 Å². The SMILES string of the molecule is O=S(=O)(O)c1ccc(O)c2ccccc12.O=S(=O)([O-])c1ccc([O-])c2ccccc12.[Ni+2]. The molecule has 4 aromatic carbocycles. The number of benzene rings is 4. The molecule has 8 nitrogen and oxygen atoms in total. The maximum atomic E-state index is 11.4. The van der Waals surface area contributed by atoms with Gasteiger partial charge in [-0.25, -0.2) is 8.42 Å². The summed E-state index contributed by atoms with van der Waals surface area (Å²) < 4.78 is 63.7. The number of phenols is 1. The van der Waals surface area contributed by atoms with E-state index in [1.54, 1.807) is 30.3 Å². The molecule has 2 N–H and O–H groups in total. The minimum absolute atomic E-state index is 0. The third kappa shape index (κ3) is 5.33. The number of fused-ring (bicyclic) bond motifs is 2. The van der Waals surface area contributed by atoms with Crippen molar-refractivity contribution in [2.24, 2.45) is 0 Å². The Kier molecular flexibility index (Phi) is 7.30. The van der Waals surface area contributed by atoms with E-state index in [1.807, 2.05) is 0 Å². The minimum atomic E-state index is -4.54. The van der Waals surface area contributed by atoms with Crippen molar-refractivity contribution in [3.8, 4) is 11.5 Å². The van der Waals surface area contributed by atoms with Crippen LogP contribution in [0.2, 0.25) is 0 Å². The molecule has 0 amide bonds. The molecule has 0 radical (unpaired) electrons. The Morgan fingerprint density at radius 1 is 0.645 bits per heavy atom. The average molecular weight is 505 g/mol. The molecule has 4 aromatic rings. The summed E-state index contributed by atoms with van der Waals surface area (Å²) in [5.74, 6) is -0.309. The van der Waals surface area contributed by atoms with Crippen molar-refractivity contribution < 1.29 is 52.6 Å². The molecule has 0 aliphatic heterocycles. The second-order valence-corrected chi connectivity index (χ2v) is 8.90. The molecular formula is C20H14NiO8S2. The minimum Gasteiger partial charge on any atom is -0.872 e. The van der Waals surface area contributed by atoms with Gasteiger partial charge in [-0.1, -0.05) is 54.6 Å². The molecule has 0 aliphatic carbocycles. The van der Waals surface area contributed by atoms with Crippen LogP contribution in [0.1, 0.15) is 0 Å². The molecule has 0 atom stereocenters. The number of hydrogen-bond acceptors (Lipinski definition) is 7. The van der Waals surface area contributed by atoms with Gasteiger partial charge in [0.15, 0.2) is 0 Å². The van der Waals surface area contributed by atoms with Crippen molar-refractivity contribution in [1.29, 1.82) is 0 Å². The summed E-state index contributed by atoms with van der Waals surface area (Å²) in [4.78, 5) is -0.548. The number of hydrogen-bond donors (Lipinski definition) is 2. The van der Waals surface area contributed by atoms with E-state index in [1.165, 1.54) is 30.3 Å². The largest absolute Gasteiger partial charge is 2.00 e. The van der Waals surface area contributed by atoms with Gasteiger partial charge in [0.1, 0.15) is 20.8 Å². The second-order valence-electron chi connectivity index (χ2n) is 6.17. The summed E-state index contributed by atoms with van der Waals surface area (Å²) in [5, 5.41) is 22.0. The Bertz CT molecular complexity index is 1350. The molecule has 0 aliphatic rings. The topological polar surface area (TPSA) is 155 Å². The quantitative estimate of drug-likeness (QED) is 0.311. The van der Waals surface area contributed by atoms with E-state index in [-0.39, 0.29) is 48.6 Å². The molecule has 11 heteroatoms. The molecule has 0 bridgehead atoms. The summed E-state index contributed by atoms with van der Waals surface area (Å²) in [5.41, 5.74) is 0. The van der Waals surface area contributed by atoms with E-state index in [9.17, 15) is 31.6 Å². The molecule has 0 saturated carbocycles. The van der Waals surface area contributed by atoms with Crippen LogP contribution in [0.5, 0.6) is 11.5 Å². The van der Waals surface area contributed by atoms with Gasteiger partial charge in [-0.2, -0.15) is 8.42 Å². The van der Waals surface area contributed by atoms with Crippen LogP contribution in [0.15, 0.2) is 82.6 Å². The van der Waals surface area contributed by atoms with Crippen molar-refractivity contribution in [3.63, 3.8) is 0 Å². The van der Waals surface area contributed by atoms with Gasteiger partial charge in [0.25, 0.3) is 10.1 Å². The van der Waals surface area contributed by atoms with E-state index in [4.69, 9.17) is 4.55 Å². The van der Waals surface area contributed by atoms with Crippen LogP contribution in [-0.2, 0) is 36.7 Å². The predicted molar refractivity (Wildman–Crippen MR) is 107 cm³/mol. The van der Waals surface area contributed by atoms with E-state index in [0.29, 0.717) is 10.8 Å². The van der Waals surface area contributed by atoms with Crippen LogP contribution in [-0.4, -0.2) is 31.0 Å². The molecular weight excluding hydrogens is 491 g/mol. The Morgan fingerprint density at radius 3 is 1.61 bits per heavy atom. The number of rotatable bonds is 2. The van der Waals surface area contributed by atoms with Crippen LogP contribution in [0.25, 0.3) is 21.5 Å². The zero-order valence-corrected chi connectivity index (χ0v) is 18.0. The fourth-order valence-electron chi connectivity index (χ4n) is 2.94. The molecule has 0 aromatic heterocycles. The molecule has 31 heavy (non-hydrogen) atoms. The zero-order chi connectivity index (χ0) is 22.1. The van der Waals surface area contributed by atoms with Crippen LogP contribution >= 0.6 is 0 Å². The summed E-state index contributed by atoms with van der Waals surface area (Å²) in [6.07, 6.45) is 0. The van der Waals surface area contributed by atoms with Gasteiger partial charge < -0.3 is 14.8 Å². The molecule has 0 fully saturated rings. The second kappa shape index (κ2) is 9.21. The maximum Gasteiger partial charge on any atom is 2.00 e. The van der Waals surface area contributed by atoms with Crippen LogP contribution in [0.4, 0.5) is 0 Å². The predicted octanol–water partition coefficient (Wildman–Crippen LogP) is 2.61. The molecule has 0 heterocycles. The Morgan fingerprint density at radius 2 is 1.10 bits per heavy atom. The third-order valence-electron chi connectivity index (χ3n) is 4.25. The van der Waals surface area contributed by atoms with Crippen molar-refractivity contribution in [2.45, 2.75) is 9.79 Å². The molecule has 164 valence electrons. The molecule has 0 spiro atoms. The average Bonchev–Trinajstić information content (AvgIpc) is 2.67. The van der Waals surface area contributed by atoms with Crippen molar-refractivity contribution in [1.82, 2.24) is 0 Å². The first-order chi connectivity index (χ1) is 14.0. The van der Waals surface area contributed by atoms with Gasteiger partial charge in [-0.3, -0.25) is 4.55 Å². The van der Waals surface area contributed by atoms with Crippen molar-refractivity contribution >= 4 is 41.8 Å². The van der Waals surface area contributed by atoms with Gasteiger partial charge in [-0.15, -0.1) is 5.75 Å². The van der Waals surface area contributed by atoms with E-state index in [2.05, 4.69) is 0 Å². The summed E-state index contributed by atoms with van der Waals surface area (Å²) >= 11 is 0. The standard InChI is InChI=1S/2C10H8O4S.Ni/c2*11-9-5-6-10(15(12,13)14)8-4-2-1-3-7(8)9;/h2*1-6,11H,(H,12,13,14);/q;;+2/p-2. The van der Waals surface area contributed by atoms with Crippen molar-refractivity contribution in [3.05, 3.63) is 72.8 Å². The van der Waals surface area contributed by atoms with Crippen LogP contribution in [0.3, 0.4) is 0 Å². The Labute approximate surface area is 188 Å². The first-order valence-electron chi connectivity index (χ1n) is 8.33. The van der Waals surface area contributed by atoms with Gasteiger partial charge in [-0.05, 0) is 29.0 Å². The van der Waals surface area contributed by atoms with E-state index >= 15 is 0 Å². The first kappa shape index (κ1) is 24.6. The zero-order valence-electron chi connectivity index (χ0n) is 15.4. The summed E-state index contributed by atoms with van der Waals surface area (Å²) in [7, 11) is -8.79.